The molecule has 0 saturated carbocycles. The number of halogens is 1. The van der Waals surface area contributed by atoms with Crippen LogP contribution < -0.4 is 5.32 Å². The number of carbonyl (C=O) groups is 1. The SMILES string of the molecule is CCN(C)C(=O)c1ccc(-c2ccc([C@H](c3cccc(F)c3)[C@H](C)CNc3nncs3)s2)cc1. The summed E-state index contributed by atoms with van der Waals surface area (Å²) in [6.07, 6.45) is 0. The Bertz CT molecular complexity index is 1220. The van der Waals surface area contributed by atoms with Crippen LogP contribution in [-0.4, -0.2) is 41.1 Å². The number of aromatic nitrogens is 2. The van der Waals surface area contributed by atoms with Crippen molar-refractivity contribution in [3.63, 3.8) is 0 Å². The highest BCUT2D eigenvalue weighted by atomic mass is 32.1. The Balaban J connectivity index is 1.59. The van der Waals surface area contributed by atoms with Gasteiger partial charge in [0, 0.05) is 41.4 Å². The Labute approximate surface area is 207 Å². The lowest BCUT2D eigenvalue weighted by Gasteiger charge is -2.24. The molecule has 0 saturated heterocycles. The van der Waals surface area contributed by atoms with E-state index >= 15 is 0 Å². The minimum absolute atomic E-state index is 0.0174. The molecule has 4 aromatic rings. The van der Waals surface area contributed by atoms with Crippen molar-refractivity contribution in [3.05, 3.63) is 88.0 Å². The van der Waals surface area contributed by atoms with Gasteiger partial charge in [0.2, 0.25) is 5.13 Å². The Hall–Kier alpha value is -3.10. The van der Waals surface area contributed by atoms with Crippen LogP contribution in [0.1, 0.15) is 40.6 Å². The molecule has 176 valence electrons. The quantitative estimate of drug-likeness (QED) is 0.293. The first-order valence-electron chi connectivity index (χ1n) is 11.2. The van der Waals surface area contributed by atoms with E-state index in [1.54, 1.807) is 40.9 Å². The van der Waals surface area contributed by atoms with Crippen LogP contribution in [0, 0.1) is 11.7 Å². The van der Waals surface area contributed by atoms with Crippen LogP contribution in [0.2, 0.25) is 0 Å². The largest absolute Gasteiger partial charge is 0.360 e. The van der Waals surface area contributed by atoms with Gasteiger partial charge in [0.15, 0.2) is 0 Å². The van der Waals surface area contributed by atoms with Crippen molar-refractivity contribution in [2.45, 2.75) is 19.8 Å². The van der Waals surface area contributed by atoms with Gasteiger partial charge in [0.25, 0.3) is 5.91 Å². The highest BCUT2D eigenvalue weighted by Gasteiger charge is 2.24. The number of rotatable bonds is 9. The van der Waals surface area contributed by atoms with E-state index in [9.17, 15) is 9.18 Å². The number of anilines is 1. The molecule has 0 aliphatic heterocycles. The highest BCUT2D eigenvalue weighted by Crippen LogP contribution is 2.39. The van der Waals surface area contributed by atoms with Gasteiger partial charge in [-0.15, -0.1) is 21.5 Å². The number of hydrogen-bond acceptors (Lipinski definition) is 6. The fraction of sp³-hybridized carbons (Fsp3) is 0.269. The summed E-state index contributed by atoms with van der Waals surface area (Å²) in [6, 6.07) is 18.8. The molecule has 2 heterocycles. The summed E-state index contributed by atoms with van der Waals surface area (Å²) in [7, 11) is 1.80. The van der Waals surface area contributed by atoms with Gasteiger partial charge in [0.05, 0.1) is 0 Å². The average Bonchev–Trinajstić information content (AvgIpc) is 3.55. The van der Waals surface area contributed by atoms with E-state index in [0.717, 1.165) is 26.0 Å². The molecule has 0 unspecified atom stereocenters. The van der Waals surface area contributed by atoms with Gasteiger partial charge >= 0.3 is 0 Å². The summed E-state index contributed by atoms with van der Waals surface area (Å²) in [5, 5.41) is 12.1. The number of carbonyl (C=O) groups excluding carboxylic acids is 1. The second-order valence-electron chi connectivity index (χ2n) is 8.23. The van der Waals surface area contributed by atoms with E-state index in [1.807, 2.05) is 37.3 Å². The molecule has 0 spiro atoms. The number of nitrogens with zero attached hydrogens (tertiary/aromatic N) is 3. The maximum atomic E-state index is 14.1. The highest BCUT2D eigenvalue weighted by molar-refractivity contribution is 7.15. The Kier molecular flexibility index (Phi) is 7.70. The van der Waals surface area contributed by atoms with Crippen molar-refractivity contribution >= 4 is 33.7 Å². The van der Waals surface area contributed by atoms with Gasteiger partial charge in [-0.3, -0.25) is 4.79 Å². The predicted molar refractivity (Wildman–Crippen MR) is 138 cm³/mol. The van der Waals surface area contributed by atoms with E-state index in [0.29, 0.717) is 18.7 Å². The number of amides is 1. The molecule has 0 aliphatic rings. The molecule has 5 nitrogen and oxygen atoms in total. The molecule has 1 N–H and O–H groups in total. The zero-order valence-corrected chi connectivity index (χ0v) is 21.0. The van der Waals surface area contributed by atoms with Crippen molar-refractivity contribution in [1.82, 2.24) is 15.1 Å². The van der Waals surface area contributed by atoms with Crippen LogP contribution in [0.25, 0.3) is 10.4 Å². The number of benzene rings is 2. The van der Waals surface area contributed by atoms with E-state index in [4.69, 9.17) is 0 Å². The predicted octanol–water partition coefficient (Wildman–Crippen LogP) is 6.38. The first-order valence-corrected chi connectivity index (χ1v) is 12.9. The number of thiophene rings is 1. The van der Waals surface area contributed by atoms with E-state index in [-0.39, 0.29) is 23.6 Å². The fourth-order valence-electron chi connectivity index (χ4n) is 3.91. The van der Waals surface area contributed by atoms with Gasteiger partial charge in [-0.05, 0) is 60.4 Å². The van der Waals surface area contributed by atoms with Crippen LogP contribution in [0.5, 0.6) is 0 Å². The van der Waals surface area contributed by atoms with E-state index in [1.165, 1.54) is 17.4 Å². The lowest BCUT2D eigenvalue weighted by atomic mass is 9.86. The molecule has 4 rings (SSSR count). The van der Waals surface area contributed by atoms with Crippen LogP contribution in [0.4, 0.5) is 9.52 Å². The first kappa shape index (κ1) is 24.0. The lowest BCUT2D eigenvalue weighted by molar-refractivity contribution is 0.0802. The minimum Gasteiger partial charge on any atom is -0.360 e. The summed E-state index contributed by atoms with van der Waals surface area (Å²) in [5.74, 6) is -0.0135. The Morgan fingerprint density at radius 3 is 2.62 bits per heavy atom. The molecule has 0 bridgehead atoms. The molecule has 0 aliphatic carbocycles. The third-order valence-electron chi connectivity index (χ3n) is 5.88. The maximum Gasteiger partial charge on any atom is 0.253 e. The van der Waals surface area contributed by atoms with Gasteiger partial charge in [-0.1, -0.05) is 42.5 Å². The van der Waals surface area contributed by atoms with Crippen LogP contribution in [-0.2, 0) is 0 Å². The third kappa shape index (κ3) is 5.51. The summed E-state index contributed by atoms with van der Waals surface area (Å²) in [5.41, 5.74) is 4.38. The zero-order chi connectivity index (χ0) is 24.1. The fourth-order valence-corrected chi connectivity index (χ4v) is 5.64. The number of hydrogen-bond donors (Lipinski definition) is 1. The topological polar surface area (TPSA) is 58.1 Å². The number of nitrogens with one attached hydrogen (secondary N) is 1. The van der Waals surface area contributed by atoms with Gasteiger partial charge in [0.1, 0.15) is 11.3 Å². The standard InChI is InChI=1S/C26H27FN4OS2/c1-4-31(3)25(32)19-10-8-18(9-11-19)22-12-13-23(34-22)24(20-6-5-7-21(27)14-20)17(2)15-28-26-30-29-16-33-26/h5-14,16-17,24H,4,15H2,1-3H3,(H,28,30)/t17-,24+/m1/s1. The van der Waals surface area contributed by atoms with Crippen molar-refractivity contribution in [2.24, 2.45) is 5.92 Å². The molecule has 0 radical (unpaired) electrons. The van der Waals surface area contributed by atoms with Crippen molar-refractivity contribution in [1.29, 1.82) is 0 Å². The molecule has 34 heavy (non-hydrogen) atoms. The van der Waals surface area contributed by atoms with Crippen molar-refractivity contribution < 1.29 is 9.18 Å². The van der Waals surface area contributed by atoms with Crippen LogP contribution in [0.15, 0.2) is 66.2 Å². The molecule has 2 aromatic heterocycles. The Morgan fingerprint density at radius 2 is 1.94 bits per heavy atom. The van der Waals surface area contributed by atoms with Crippen LogP contribution >= 0.6 is 22.7 Å². The molecule has 2 atom stereocenters. The van der Waals surface area contributed by atoms with Crippen molar-refractivity contribution in [2.75, 3.05) is 25.5 Å². The molecule has 0 fully saturated rings. The molecule has 2 aromatic carbocycles. The normalized spacial score (nSPS) is 12.8. The smallest absolute Gasteiger partial charge is 0.253 e. The van der Waals surface area contributed by atoms with E-state index in [2.05, 4.69) is 34.6 Å². The van der Waals surface area contributed by atoms with Crippen molar-refractivity contribution in [3.8, 4) is 10.4 Å². The monoisotopic (exact) mass is 494 g/mol. The van der Waals surface area contributed by atoms with Gasteiger partial charge in [-0.2, -0.15) is 0 Å². The molecule has 8 heteroatoms. The summed E-state index contributed by atoms with van der Waals surface area (Å²) in [4.78, 5) is 16.4. The second kappa shape index (κ2) is 10.9. The van der Waals surface area contributed by atoms with Crippen LogP contribution in [0.3, 0.4) is 0 Å². The average molecular weight is 495 g/mol. The zero-order valence-electron chi connectivity index (χ0n) is 19.4. The summed E-state index contributed by atoms with van der Waals surface area (Å²) in [6.45, 7) is 5.47. The van der Waals surface area contributed by atoms with Gasteiger partial charge in [-0.25, -0.2) is 4.39 Å². The summed E-state index contributed by atoms with van der Waals surface area (Å²) < 4.78 is 14.1. The molecular weight excluding hydrogens is 467 g/mol. The van der Waals surface area contributed by atoms with Gasteiger partial charge < -0.3 is 10.2 Å². The molecular formula is C26H27FN4OS2. The maximum absolute atomic E-state index is 14.1. The second-order valence-corrected chi connectivity index (χ2v) is 10.2. The molecule has 1 amide bonds. The third-order valence-corrected chi connectivity index (χ3v) is 7.75. The first-order chi connectivity index (χ1) is 16.5. The Morgan fingerprint density at radius 1 is 1.15 bits per heavy atom. The van der Waals surface area contributed by atoms with E-state index < -0.39 is 0 Å². The summed E-state index contributed by atoms with van der Waals surface area (Å²) >= 11 is 3.16. The minimum atomic E-state index is -0.235. The lowest BCUT2D eigenvalue weighted by Crippen LogP contribution is -2.26.